The number of ether oxygens (including phenoxy) is 2. The fourth-order valence-corrected chi connectivity index (χ4v) is 1.33. The van der Waals surface area contributed by atoms with Crippen molar-refractivity contribution in [3.63, 3.8) is 0 Å². The molecule has 6 nitrogen and oxygen atoms in total. The van der Waals surface area contributed by atoms with Crippen LogP contribution in [0.1, 0.15) is 5.69 Å². The summed E-state index contributed by atoms with van der Waals surface area (Å²) in [5.41, 5.74) is 0.832. The van der Waals surface area contributed by atoms with Crippen LogP contribution in [0.25, 0.3) is 0 Å². The van der Waals surface area contributed by atoms with Crippen molar-refractivity contribution in [1.82, 2.24) is 15.6 Å². The highest BCUT2D eigenvalue weighted by Gasteiger charge is 2.01. The average molecular weight is 253 g/mol. The number of nitrogens with zero attached hydrogens (tertiary/aromatic N) is 1. The molecule has 18 heavy (non-hydrogen) atoms. The summed E-state index contributed by atoms with van der Waals surface area (Å²) in [4.78, 5) is 15.6. The third-order valence-corrected chi connectivity index (χ3v) is 2.21. The van der Waals surface area contributed by atoms with Gasteiger partial charge >= 0.3 is 0 Å². The van der Waals surface area contributed by atoms with Crippen LogP contribution in [0.15, 0.2) is 18.2 Å². The summed E-state index contributed by atoms with van der Waals surface area (Å²) < 4.78 is 9.85. The van der Waals surface area contributed by atoms with Crippen molar-refractivity contribution in [3.8, 4) is 5.88 Å². The Morgan fingerprint density at radius 1 is 1.39 bits per heavy atom. The Morgan fingerprint density at radius 3 is 2.94 bits per heavy atom. The van der Waals surface area contributed by atoms with Gasteiger partial charge in [0.15, 0.2) is 0 Å². The standard InChI is InChI=1S/C12H19N3O3/c1-17-7-6-14-11(16)9-13-8-10-4-3-5-12(15-10)18-2/h3-5,13H,6-9H2,1-2H3,(H,14,16). The van der Waals surface area contributed by atoms with E-state index in [9.17, 15) is 4.79 Å². The van der Waals surface area contributed by atoms with Gasteiger partial charge in [-0.25, -0.2) is 4.98 Å². The van der Waals surface area contributed by atoms with Crippen molar-refractivity contribution in [2.24, 2.45) is 0 Å². The van der Waals surface area contributed by atoms with Gasteiger partial charge in [-0.2, -0.15) is 0 Å². The van der Waals surface area contributed by atoms with Crippen LogP contribution in [0.3, 0.4) is 0 Å². The first kappa shape index (κ1) is 14.4. The zero-order valence-corrected chi connectivity index (χ0v) is 10.7. The van der Waals surface area contributed by atoms with E-state index < -0.39 is 0 Å². The molecule has 0 atom stereocenters. The molecule has 1 rings (SSSR count). The van der Waals surface area contributed by atoms with E-state index in [1.165, 1.54) is 0 Å². The molecule has 0 bridgehead atoms. The molecule has 1 aromatic heterocycles. The summed E-state index contributed by atoms with van der Waals surface area (Å²) in [5.74, 6) is 0.508. The Hall–Kier alpha value is -1.66. The van der Waals surface area contributed by atoms with Crippen LogP contribution in [-0.4, -0.2) is 44.8 Å². The lowest BCUT2D eigenvalue weighted by atomic mass is 10.3. The summed E-state index contributed by atoms with van der Waals surface area (Å²) in [6, 6.07) is 5.51. The Bertz CT molecular complexity index is 371. The molecule has 0 aliphatic carbocycles. The molecule has 0 aromatic carbocycles. The first-order chi connectivity index (χ1) is 8.76. The molecule has 1 heterocycles. The highest BCUT2D eigenvalue weighted by atomic mass is 16.5. The van der Waals surface area contributed by atoms with Crippen molar-refractivity contribution in [1.29, 1.82) is 0 Å². The van der Waals surface area contributed by atoms with Crippen molar-refractivity contribution in [2.75, 3.05) is 33.9 Å². The quantitative estimate of drug-likeness (QED) is 0.635. The van der Waals surface area contributed by atoms with Gasteiger partial charge in [-0.3, -0.25) is 4.79 Å². The zero-order valence-electron chi connectivity index (χ0n) is 10.7. The van der Waals surface area contributed by atoms with Crippen LogP contribution in [-0.2, 0) is 16.1 Å². The molecule has 0 aliphatic heterocycles. The normalized spacial score (nSPS) is 10.1. The van der Waals surface area contributed by atoms with Gasteiger partial charge in [0.1, 0.15) is 0 Å². The summed E-state index contributed by atoms with van der Waals surface area (Å²) in [5, 5.41) is 5.73. The minimum Gasteiger partial charge on any atom is -0.481 e. The molecule has 0 spiro atoms. The number of carbonyl (C=O) groups is 1. The second kappa shape index (κ2) is 8.43. The van der Waals surface area contributed by atoms with Gasteiger partial charge in [0.25, 0.3) is 0 Å². The molecule has 6 heteroatoms. The Kier molecular flexibility index (Phi) is 6.75. The molecule has 0 unspecified atom stereocenters. The van der Waals surface area contributed by atoms with Crippen LogP contribution in [0.2, 0.25) is 0 Å². The minimum absolute atomic E-state index is 0.0602. The average Bonchev–Trinajstić information content (AvgIpc) is 2.39. The number of methoxy groups -OCH3 is 2. The third-order valence-electron chi connectivity index (χ3n) is 2.21. The van der Waals surface area contributed by atoms with Crippen molar-refractivity contribution in [3.05, 3.63) is 23.9 Å². The first-order valence-corrected chi connectivity index (χ1v) is 5.72. The highest BCUT2D eigenvalue weighted by molar-refractivity contribution is 5.77. The van der Waals surface area contributed by atoms with Gasteiger partial charge in [-0.05, 0) is 6.07 Å². The number of aromatic nitrogens is 1. The van der Waals surface area contributed by atoms with Gasteiger partial charge in [-0.15, -0.1) is 0 Å². The second-order valence-corrected chi connectivity index (χ2v) is 3.62. The summed E-state index contributed by atoms with van der Waals surface area (Å²) in [6.07, 6.45) is 0. The van der Waals surface area contributed by atoms with Crippen molar-refractivity contribution in [2.45, 2.75) is 6.54 Å². The molecule has 0 aliphatic rings. The van der Waals surface area contributed by atoms with Crippen LogP contribution in [0, 0.1) is 0 Å². The number of rotatable bonds is 8. The first-order valence-electron chi connectivity index (χ1n) is 5.72. The summed E-state index contributed by atoms with van der Waals surface area (Å²) >= 11 is 0. The lowest BCUT2D eigenvalue weighted by molar-refractivity contribution is -0.120. The van der Waals surface area contributed by atoms with Gasteiger partial charge in [-0.1, -0.05) is 6.07 Å². The fourth-order valence-electron chi connectivity index (χ4n) is 1.33. The molecular weight excluding hydrogens is 234 g/mol. The van der Waals surface area contributed by atoms with Gasteiger partial charge < -0.3 is 20.1 Å². The lowest BCUT2D eigenvalue weighted by Crippen LogP contribution is -2.35. The monoisotopic (exact) mass is 253 g/mol. The summed E-state index contributed by atoms with van der Waals surface area (Å²) in [7, 11) is 3.17. The van der Waals surface area contributed by atoms with Crippen LogP contribution < -0.4 is 15.4 Å². The van der Waals surface area contributed by atoms with E-state index in [1.807, 2.05) is 12.1 Å². The molecule has 1 aromatic rings. The number of carbonyl (C=O) groups excluding carboxylic acids is 1. The van der Waals surface area contributed by atoms with Gasteiger partial charge in [0.05, 0.1) is 26.0 Å². The predicted molar refractivity (Wildman–Crippen MR) is 67.4 cm³/mol. The molecule has 2 N–H and O–H groups in total. The Balaban J connectivity index is 2.22. The van der Waals surface area contributed by atoms with Crippen LogP contribution in [0.5, 0.6) is 5.88 Å². The molecule has 1 amide bonds. The number of nitrogens with one attached hydrogen (secondary N) is 2. The maximum Gasteiger partial charge on any atom is 0.234 e. The Labute approximate surface area is 107 Å². The predicted octanol–water partition coefficient (Wildman–Crippen LogP) is -0.0576. The molecule has 100 valence electrons. The van der Waals surface area contributed by atoms with Crippen LogP contribution in [0.4, 0.5) is 0 Å². The Morgan fingerprint density at radius 2 is 2.22 bits per heavy atom. The second-order valence-electron chi connectivity index (χ2n) is 3.62. The molecule has 0 radical (unpaired) electrons. The van der Waals surface area contributed by atoms with E-state index in [-0.39, 0.29) is 12.5 Å². The third kappa shape index (κ3) is 5.60. The maximum atomic E-state index is 11.4. The number of hydrogen-bond donors (Lipinski definition) is 2. The lowest BCUT2D eigenvalue weighted by Gasteiger charge is -2.06. The number of hydrogen-bond acceptors (Lipinski definition) is 5. The highest BCUT2D eigenvalue weighted by Crippen LogP contribution is 2.05. The van der Waals surface area contributed by atoms with E-state index in [2.05, 4.69) is 15.6 Å². The largest absolute Gasteiger partial charge is 0.481 e. The molecular formula is C12H19N3O3. The molecule has 0 fully saturated rings. The smallest absolute Gasteiger partial charge is 0.234 e. The molecule has 0 saturated heterocycles. The molecule has 0 saturated carbocycles. The van der Waals surface area contributed by atoms with E-state index >= 15 is 0 Å². The maximum absolute atomic E-state index is 11.4. The topological polar surface area (TPSA) is 72.5 Å². The van der Waals surface area contributed by atoms with E-state index in [1.54, 1.807) is 20.3 Å². The van der Waals surface area contributed by atoms with Crippen LogP contribution >= 0.6 is 0 Å². The SMILES string of the molecule is COCCNC(=O)CNCc1cccc(OC)n1. The van der Waals surface area contributed by atoms with E-state index in [0.717, 1.165) is 5.69 Å². The van der Waals surface area contributed by atoms with Gasteiger partial charge in [0.2, 0.25) is 11.8 Å². The number of amides is 1. The van der Waals surface area contributed by atoms with Crippen molar-refractivity contribution < 1.29 is 14.3 Å². The minimum atomic E-state index is -0.0602. The van der Waals surface area contributed by atoms with Crippen molar-refractivity contribution >= 4 is 5.91 Å². The number of pyridine rings is 1. The summed E-state index contributed by atoms with van der Waals surface area (Å²) in [6.45, 7) is 1.81. The van der Waals surface area contributed by atoms with E-state index in [4.69, 9.17) is 9.47 Å². The zero-order chi connectivity index (χ0) is 13.2. The van der Waals surface area contributed by atoms with Gasteiger partial charge in [0, 0.05) is 26.3 Å². The fraction of sp³-hybridized carbons (Fsp3) is 0.500. The van der Waals surface area contributed by atoms with E-state index in [0.29, 0.717) is 25.6 Å².